The summed E-state index contributed by atoms with van der Waals surface area (Å²) in [4.78, 5) is 4.70. The van der Waals surface area contributed by atoms with Crippen molar-refractivity contribution < 1.29 is 0 Å². The third-order valence-corrected chi connectivity index (χ3v) is 4.59. The number of hydrogen-bond acceptors (Lipinski definition) is 3. The maximum Gasteiger partial charge on any atom is 0.0928 e. The molecule has 0 saturated carbocycles. The van der Waals surface area contributed by atoms with Crippen molar-refractivity contribution in [3.8, 4) is 0 Å². The van der Waals surface area contributed by atoms with E-state index in [0.29, 0.717) is 12.0 Å². The van der Waals surface area contributed by atoms with E-state index in [4.69, 9.17) is 4.98 Å². The van der Waals surface area contributed by atoms with Crippen LogP contribution in [-0.4, -0.2) is 16.1 Å². The second-order valence-electron chi connectivity index (χ2n) is 5.88. The zero-order valence-corrected chi connectivity index (χ0v) is 14.4. The van der Waals surface area contributed by atoms with Crippen LogP contribution in [0.4, 0.5) is 0 Å². The van der Waals surface area contributed by atoms with Gasteiger partial charge in [0.2, 0.25) is 0 Å². The summed E-state index contributed by atoms with van der Waals surface area (Å²) in [5.74, 6) is 0.594. The molecule has 2 aromatic rings. The van der Waals surface area contributed by atoms with E-state index in [1.165, 1.54) is 22.7 Å². The molecular weight excluding hydrogens is 278 g/mol. The number of thiazole rings is 1. The zero-order valence-electron chi connectivity index (χ0n) is 13.6. The van der Waals surface area contributed by atoms with Gasteiger partial charge in [0.05, 0.1) is 17.2 Å². The number of aryl methyl sites for hydroxylation is 1. The average molecular weight is 305 g/mol. The van der Waals surface area contributed by atoms with E-state index in [0.717, 1.165) is 19.5 Å². The minimum Gasteiger partial charge on any atom is -0.348 e. The van der Waals surface area contributed by atoms with Gasteiger partial charge in [0, 0.05) is 23.8 Å². The summed E-state index contributed by atoms with van der Waals surface area (Å²) >= 11 is 1.78. The SMILES string of the molecule is CCCc1nc(Cn2ccc(C(NCC)C(C)C)c2)cs1. The molecule has 0 fully saturated rings. The van der Waals surface area contributed by atoms with E-state index in [2.05, 4.69) is 61.4 Å². The average Bonchev–Trinajstić information content (AvgIpc) is 3.06. The van der Waals surface area contributed by atoms with Gasteiger partial charge in [-0.25, -0.2) is 4.98 Å². The quantitative estimate of drug-likeness (QED) is 0.790. The highest BCUT2D eigenvalue weighted by molar-refractivity contribution is 7.09. The lowest BCUT2D eigenvalue weighted by atomic mass is 9.98. The smallest absolute Gasteiger partial charge is 0.0928 e. The first-order valence-corrected chi connectivity index (χ1v) is 8.84. The van der Waals surface area contributed by atoms with E-state index in [1.54, 1.807) is 11.3 Å². The van der Waals surface area contributed by atoms with Crippen LogP contribution in [0, 0.1) is 5.92 Å². The summed E-state index contributed by atoms with van der Waals surface area (Å²) in [6.45, 7) is 10.8. The van der Waals surface area contributed by atoms with Gasteiger partial charge in [-0.2, -0.15) is 0 Å². The molecule has 0 saturated heterocycles. The fraction of sp³-hybridized carbons (Fsp3) is 0.588. The van der Waals surface area contributed by atoms with E-state index in [9.17, 15) is 0 Å². The Balaban J connectivity index is 2.04. The molecule has 0 aliphatic rings. The Labute approximate surface area is 132 Å². The molecule has 2 aromatic heterocycles. The second kappa shape index (κ2) is 7.76. The molecule has 0 bridgehead atoms. The minimum atomic E-state index is 0.433. The molecule has 1 N–H and O–H groups in total. The topological polar surface area (TPSA) is 29.9 Å². The Hall–Kier alpha value is -1.13. The Morgan fingerprint density at radius 2 is 2.14 bits per heavy atom. The van der Waals surface area contributed by atoms with Crippen LogP contribution >= 0.6 is 11.3 Å². The molecular formula is C17H27N3S. The summed E-state index contributed by atoms with van der Waals surface area (Å²) in [5, 5.41) is 7.02. The lowest BCUT2D eigenvalue weighted by Gasteiger charge is -2.20. The molecule has 0 aromatic carbocycles. The molecule has 1 unspecified atom stereocenters. The monoisotopic (exact) mass is 305 g/mol. The molecule has 0 aliphatic carbocycles. The van der Waals surface area contributed by atoms with Crippen molar-refractivity contribution in [3.63, 3.8) is 0 Å². The molecule has 2 rings (SSSR count). The second-order valence-corrected chi connectivity index (χ2v) is 6.82. The van der Waals surface area contributed by atoms with E-state index < -0.39 is 0 Å². The molecule has 116 valence electrons. The minimum absolute atomic E-state index is 0.433. The van der Waals surface area contributed by atoms with Gasteiger partial charge in [0.25, 0.3) is 0 Å². The van der Waals surface area contributed by atoms with Crippen LogP contribution in [0.5, 0.6) is 0 Å². The van der Waals surface area contributed by atoms with Crippen LogP contribution in [0.1, 0.15) is 56.4 Å². The fourth-order valence-corrected chi connectivity index (χ4v) is 3.53. The van der Waals surface area contributed by atoms with Gasteiger partial charge in [0.15, 0.2) is 0 Å². The van der Waals surface area contributed by atoms with Crippen LogP contribution in [0.15, 0.2) is 23.8 Å². The third kappa shape index (κ3) is 4.42. The lowest BCUT2D eigenvalue weighted by molar-refractivity contribution is 0.421. The summed E-state index contributed by atoms with van der Waals surface area (Å²) in [6, 6.07) is 2.66. The highest BCUT2D eigenvalue weighted by atomic mass is 32.1. The molecule has 3 nitrogen and oxygen atoms in total. The van der Waals surface area contributed by atoms with Gasteiger partial charge in [-0.1, -0.05) is 27.7 Å². The predicted molar refractivity (Wildman–Crippen MR) is 90.9 cm³/mol. The normalized spacial score (nSPS) is 13.0. The standard InChI is InChI=1S/C17H27N3S/c1-5-7-16-19-15(12-21-16)11-20-9-8-14(10-20)17(13(3)4)18-6-2/h8-10,12-13,17-18H,5-7,11H2,1-4H3. The number of hydrogen-bond donors (Lipinski definition) is 1. The summed E-state index contributed by atoms with van der Waals surface area (Å²) in [7, 11) is 0. The van der Waals surface area contributed by atoms with Gasteiger partial charge in [-0.15, -0.1) is 11.3 Å². The number of aromatic nitrogens is 2. The predicted octanol–water partition coefficient (Wildman–Crippen LogP) is 4.25. The van der Waals surface area contributed by atoms with Crippen molar-refractivity contribution in [2.75, 3.05) is 6.54 Å². The molecule has 4 heteroatoms. The van der Waals surface area contributed by atoms with Gasteiger partial charge in [-0.05, 0) is 36.9 Å². The van der Waals surface area contributed by atoms with Crippen LogP contribution in [0.25, 0.3) is 0 Å². The lowest BCUT2D eigenvalue weighted by Crippen LogP contribution is -2.25. The van der Waals surface area contributed by atoms with Crippen molar-refractivity contribution in [2.24, 2.45) is 5.92 Å². The van der Waals surface area contributed by atoms with Crippen LogP contribution < -0.4 is 5.32 Å². The Morgan fingerprint density at radius 1 is 1.33 bits per heavy atom. The largest absolute Gasteiger partial charge is 0.348 e. The zero-order chi connectivity index (χ0) is 15.2. The molecule has 0 aliphatic heterocycles. The number of nitrogens with zero attached hydrogens (tertiary/aromatic N) is 2. The van der Waals surface area contributed by atoms with Crippen molar-refractivity contribution in [1.29, 1.82) is 0 Å². The van der Waals surface area contributed by atoms with Crippen LogP contribution in [0.2, 0.25) is 0 Å². The summed E-state index contributed by atoms with van der Waals surface area (Å²) in [6.07, 6.45) is 6.68. The molecule has 1 atom stereocenters. The molecule has 0 radical (unpaired) electrons. The number of nitrogens with one attached hydrogen (secondary N) is 1. The highest BCUT2D eigenvalue weighted by Gasteiger charge is 2.15. The fourth-order valence-electron chi connectivity index (χ4n) is 2.64. The molecule has 21 heavy (non-hydrogen) atoms. The Morgan fingerprint density at radius 3 is 2.81 bits per heavy atom. The van der Waals surface area contributed by atoms with Crippen molar-refractivity contribution >= 4 is 11.3 Å². The Kier molecular flexibility index (Phi) is 6.00. The van der Waals surface area contributed by atoms with E-state index >= 15 is 0 Å². The van der Waals surface area contributed by atoms with Crippen LogP contribution in [-0.2, 0) is 13.0 Å². The Bertz CT molecular complexity index is 542. The summed E-state index contributed by atoms with van der Waals surface area (Å²) < 4.78 is 2.24. The summed E-state index contributed by atoms with van der Waals surface area (Å²) in [5.41, 5.74) is 2.55. The molecule has 2 heterocycles. The van der Waals surface area contributed by atoms with E-state index in [-0.39, 0.29) is 0 Å². The maximum absolute atomic E-state index is 4.70. The van der Waals surface area contributed by atoms with Gasteiger partial charge >= 0.3 is 0 Å². The molecule has 0 spiro atoms. The highest BCUT2D eigenvalue weighted by Crippen LogP contribution is 2.22. The maximum atomic E-state index is 4.70. The van der Waals surface area contributed by atoms with Gasteiger partial charge in [0.1, 0.15) is 0 Å². The molecule has 0 amide bonds. The first-order valence-electron chi connectivity index (χ1n) is 7.96. The van der Waals surface area contributed by atoms with Crippen molar-refractivity contribution in [2.45, 2.75) is 53.1 Å². The van der Waals surface area contributed by atoms with Crippen molar-refractivity contribution in [1.82, 2.24) is 14.9 Å². The van der Waals surface area contributed by atoms with Crippen LogP contribution in [0.3, 0.4) is 0 Å². The first-order chi connectivity index (χ1) is 10.1. The first kappa shape index (κ1) is 16.2. The third-order valence-electron chi connectivity index (χ3n) is 3.63. The van der Waals surface area contributed by atoms with Gasteiger partial charge in [-0.3, -0.25) is 0 Å². The van der Waals surface area contributed by atoms with E-state index in [1.807, 2.05) is 0 Å². The van der Waals surface area contributed by atoms with Gasteiger partial charge < -0.3 is 9.88 Å². The number of rotatable bonds is 8. The van der Waals surface area contributed by atoms with Crippen molar-refractivity contribution in [3.05, 3.63) is 40.1 Å².